The van der Waals surface area contributed by atoms with Gasteiger partial charge in [-0.2, -0.15) is 5.26 Å². The Morgan fingerprint density at radius 3 is 2.63 bits per heavy atom. The number of furan rings is 1. The summed E-state index contributed by atoms with van der Waals surface area (Å²) in [7, 11) is 0. The van der Waals surface area contributed by atoms with Crippen LogP contribution >= 0.6 is 0 Å². The molecule has 2 rings (SSSR count). The minimum atomic E-state index is 0.694. The molecule has 0 spiro atoms. The SMILES string of the molecule is CCCCCCCCc1cc2cc(C#N)ccc2o1. The molecule has 0 aliphatic carbocycles. The summed E-state index contributed by atoms with van der Waals surface area (Å²) >= 11 is 0. The molecule has 0 saturated heterocycles. The molecule has 1 heterocycles. The van der Waals surface area contributed by atoms with Crippen LogP contribution in [0, 0.1) is 11.3 Å². The Balaban J connectivity index is 1.86. The Labute approximate surface area is 115 Å². The smallest absolute Gasteiger partial charge is 0.134 e. The lowest BCUT2D eigenvalue weighted by molar-refractivity contribution is 0.521. The molecule has 2 aromatic rings. The van der Waals surface area contributed by atoms with E-state index < -0.39 is 0 Å². The quantitative estimate of drug-likeness (QED) is 0.637. The Kier molecular flexibility index (Phi) is 5.03. The first-order valence-electron chi connectivity index (χ1n) is 7.26. The summed E-state index contributed by atoms with van der Waals surface area (Å²) in [5, 5.41) is 9.91. The lowest BCUT2D eigenvalue weighted by Crippen LogP contribution is -1.83. The number of rotatable bonds is 7. The lowest BCUT2D eigenvalue weighted by atomic mass is 10.1. The van der Waals surface area contributed by atoms with Gasteiger partial charge >= 0.3 is 0 Å². The van der Waals surface area contributed by atoms with Gasteiger partial charge < -0.3 is 4.42 Å². The lowest BCUT2D eigenvalue weighted by Gasteiger charge is -1.98. The van der Waals surface area contributed by atoms with Crippen molar-refractivity contribution in [1.29, 1.82) is 5.26 Å². The number of unbranched alkanes of at least 4 members (excludes halogenated alkanes) is 5. The van der Waals surface area contributed by atoms with Gasteiger partial charge in [0.1, 0.15) is 11.3 Å². The zero-order valence-corrected chi connectivity index (χ0v) is 11.6. The van der Waals surface area contributed by atoms with E-state index in [9.17, 15) is 0 Å². The maximum atomic E-state index is 8.87. The van der Waals surface area contributed by atoms with Gasteiger partial charge in [-0.3, -0.25) is 0 Å². The van der Waals surface area contributed by atoms with Gasteiger partial charge in [-0.05, 0) is 30.7 Å². The first kappa shape index (κ1) is 13.7. The van der Waals surface area contributed by atoms with E-state index in [1.165, 1.54) is 38.5 Å². The molecule has 0 fully saturated rings. The fraction of sp³-hybridized carbons (Fsp3) is 0.471. The van der Waals surface area contributed by atoms with Crippen LogP contribution in [0.4, 0.5) is 0 Å². The molecular formula is C17H21NO. The van der Waals surface area contributed by atoms with Gasteiger partial charge in [-0.15, -0.1) is 0 Å². The zero-order chi connectivity index (χ0) is 13.5. The number of benzene rings is 1. The highest BCUT2D eigenvalue weighted by Crippen LogP contribution is 2.22. The third kappa shape index (κ3) is 3.86. The summed E-state index contributed by atoms with van der Waals surface area (Å²) in [4.78, 5) is 0. The summed E-state index contributed by atoms with van der Waals surface area (Å²) in [5.41, 5.74) is 1.58. The normalized spacial score (nSPS) is 10.7. The Morgan fingerprint density at radius 2 is 1.84 bits per heavy atom. The van der Waals surface area contributed by atoms with E-state index >= 15 is 0 Å². The molecule has 0 radical (unpaired) electrons. The molecule has 1 aromatic heterocycles. The fourth-order valence-electron chi connectivity index (χ4n) is 2.37. The molecule has 100 valence electrons. The van der Waals surface area contributed by atoms with Crippen molar-refractivity contribution in [3.8, 4) is 6.07 Å². The third-order valence-corrected chi connectivity index (χ3v) is 3.47. The number of nitriles is 1. The standard InChI is InChI=1S/C17H21NO/c1-2-3-4-5-6-7-8-16-12-15-11-14(13-18)9-10-17(15)19-16/h9-12H,2-8H2,1H3. The van der Waals surface area contributed by atoms with E-state index in [0.29, 0.717) is 5.56 Å². The van der Waals surface area contributed by atoms with Crippen molar-refractivity contribution >= 4 is 11.0 Å². The summed E-state index contributed by atoms with van der Waals surface area (Å²) in [5.74, 6) is 1.04. The van der Waals surface area contributed by atoms with Gasteiger partial charge in [0, 0.05) is 11.8 Å². The Bertz CT molecular complexity index is 562. The minimum Gasteiger partial charge on any atom is -0.461 e. The van der Waals surface area contributed by atoms with E-state index in [1.807, 2.05) is 12.1 Å². The average molecular weight is 255 g/mol. The van der Waals surface area contributed by atoms with E-state index in [-0.39, 0.29) is 0 Å². The highest BCUT2D eigenvalue weighted by atomic mass is 16.3. The molecule has 0 N–H and O–H groups in total. The highest BCUT2D eigenvalue weighted by molar-refractivity contribution is 5.79. The van der Waals surface area contributed by atoms with Crippen LogP contribution < -0.4 is 0 Å². The van der Waals surface area contributed by atoms with Crippen molar-refractivity contribution in [2.24, 2.45) is 0 Å². The average Bonchev–Trinajstić information content (AvgIpc) is 2.84. The van der Waals surface area contributed by atoms with E-state index in [2.05, 4.69) is 19.1 Å². The summed E-state index contributed by atoms with van der Waals surface area (Å²) in [6, 6.07) is 9.82. The summed E-state index contributed by atoms with van der Waals surface area (Å²) < 4.78 is 5.79. The molecule has 0 aliphatic heterocycles. The number of hydrogen-bond acceptors (Lipinski definition) is 2. The van der Waals surface area contributed by atoms with Crippen LogP contribution in [0.2, 0.25) is 0 Å². The van der Waals surface area contributed by atoms with Crippen molar-refractivity contribution in [3.05, 3.63) is 35.6 Å². The van der Waals surface area contributed by atoms with Crippen LogP contribution in [-0.4, -0.2) is 0 Å². The molecule has 0 bridgehead atoms. The van der Waals surface area contributed by atoms with Gasteiger partial charge in [-0.1, -0.05) is 39.0 Å². The van der Waals surface area contributed by atoms with E-state index in [4.69, 9.17) is 9.68 Å². The zero-order valence-electron chi connectivity index (χ0n) is 11.6. The molecule has 19 heavy (non-hydrogen) atoms. The van der Waals surface area contributed by atoms with Gasteiger partial charge in [-0.25, -0.2) is 0 Å². The monoisotopic (exact) mass is 255 g/mol. The van der Waals surface area contributed by atoms with Crippen molar-refractivity contribution in [2.75, 3.05) is 0 Å². The Hall–Kier alpha value is -1.75. The molecule has 0 aliphatic rings. The largest absolute Gasteiger partial charge is 0.461 e. The molecular weight excluding hydrogens is 234 g/mol. The van der Waals surface area contributed by atoms with E-state index in [0.717, 1.165) is 23.2 Å². The minimum absolute atomic E-state index is 0.694. The second kappa shape index (κ2) is 6.99. The van der Waals surface area contributed by atoms with Gasteiger partial charge in [0.25, 0.3) is 0 Å². The maximum absolute atomic E-state index is 8.87. The van der Waals surface area contributed by atoms with Crippen LogP contribution in [0.1, 0.15) is 56.8 Å². The predicted octanol–water partition coefficient (Wildman–Crippen LogP) is 5.21. The van der Waals surface area contributed by atoms with Crippen molar-refractivity contribution in [3.63, 3.8) is 0 Å². The van der Waals surface area contributed by atoms with E-state index in [1.54, 1.807) is 6.07 Å². The second-order valence-electron chi connectivity index (χ2n) is 5.09. The molecule has 2 nitrogen and oxygen atoms in total. The summed E-state index contributed by atoms with van der Waals surface area (Å²) in [6.45, 7) is 2.24. The van der Waals surface area contributed by atoms with Crippen molar-refractivity contribution in [1.82, 2.24) is 0 Å². The van der Waals surface area contributed by atoms with Crippen LogP contribution in [-0.2, 0) is 6.42 Å². The second-order valence-corrected chi connectivity index (χ2v) is 5.09. The van der Waals surface area contributed by atoms with Crippen LogP contribution in [0.25, 0.3) is 11.0 Å². The fourth-order valence-corrected chi connectivity index (χ4v) is 2.37. The van der Waals surface area contributed by atoms with Crippen molar-refractivity contribution in [2.45, 2.75) is 51.9 Å². The molecule has 1 aromatic carbocycles. The third-order valence-electron chi connectivity index (χ3n) is 3.47. The van der Waals surface area contributed by atoms with Crippen LogP contribution in [0.15, 0.2) is 28.7 Å². The van der Waals surface area contributed by atoms with Crippen LogP contribution in [0.3, 0.4) is 0 Å². The molecule has 0 atom stereocenters. The first-order valence-corrected chi connectivity index (χ1v) is 7.26. The maximum Gasteiger partial charge on any atom is 0.134 e. The van der Waals surface area contributed by atoms with Gasteiger partial charge in [0.15, 0.2) is 0 Å². The molecule has 0 unspecified atom stereocenters. The van der Waals surface area contributed by atoms with Crippen molar-refractivity contribution < 1.29 is 4.42 Å². The molecule has 0 amide bonds. The molecule has 0 saturated carbocycles. The number of aryl methyl sites for hydroxylation is 1. The topological polar surface area (TPSA) is 36.9 Å². The van der Waals surface area contributed by atoms with Gasteiger partial charge in [0.2, 0.25) is 0 Å². The number of fused-ring (bicyclic) bond motifs is 1. The van der Waals surface area contributed by atoms with Crippen LogP contribution in [0.5, 0.6) is 0 Å². The molecule has 2 heteroatoms. The summed E-state index contributed by atoms with van der Waals surface area (Å²) in [6.07, 6.45) is 8.79. The number of nitrogens with zero attached hydrogens (tertiary/aromatic N) is 1. The first-order chi connectivity index (χ1) is 9.33. The number of hydrogen-bond donors (Lipinski definition) is 0. The predicted molar refractivity (Wildman–Crippen MR) is 78.0 cm³/mol. The highest BCUT2D eigenvalue weighted by Gasteiger charge is 2.04. The van der Waals surface area contributed by atoms with Gasteiger partial charge in [0.05, 0.1) is 11.6 Å². The Morgan fingerprint density at radius 1 is 1.05 bits per heavy atom.